The van der Waals surface area contributed by atoms with E-state index in [1.54, 1.807) is 0 Å². The molecule has 0 amide bonds. The minimum Gasteiger partial charge on any atom is -0.0651 e. The van der Waals surface area contributed by atoms with E-state index >= 15 is 0 Å². The quantitative estimate of drug-likeness (QED) is 0.497. The molecule has 0 fully saturated rings. The van der Waals surface area contributed by atoms with Crippen LogP contribution < -0.4 is 0 Å². The molecular formula is C15H32. The molecule has 0 saturated heterocycles. The lowest BCUT2D eigenvalue weighted by molar-refractivity contribution is 0.298. The molecule has 15 heavy (non-hydrogen) atoms. The molecule has 0 aliphatic rings. The molecule has 0 N–H and O–H groups in total. The van der Waals surface area contributed by atoms with Crippen molar-refractivity contribution in [2.75, 3.05) is 0 Å². The molecule has 0 spiro atoms. The molecule has 2 unspecified atom stereocenters. The smallest absolute Gasteiger partial charge is 0.0417 e. The molecule has 0 heteroatoms. The van der Waals surface area contributed by atoms with Crippen LogP contribution >= 0.6 is 0 Å². The molecule has 0 aromatic carbocycles. The van der Waals surface area contributed by atoms with Gasteiger partial charge in [-0.25, -0.2) is 0 Å². The molecule has 0 bridgehead atoms. The summed E-state index contributed by atoms with van der Waals surface area (Å²) in [6.07, 6.45) is 7.00. The first-order valence-corrected chi connectivity index (χ1v) is 6.97. The Morgan fingerprint density at radius 3 is 1.53 bits per heavy atom. The number of rotatable bonds is 8. The van der Waals surface area contributed by atoms with Crippen LogP contribution in [0.4, 0.5) is 0 Å². The van der Waals surface area contributed by atoms with Gasteiger partial charge < -0.3 is 0 Å². The summed E-state index contributed by atoms with van der Waals surface area (Å²) in [5.41, 5.74) is 0. The molecule has 0 radical (unpaired) electrons. The first-order chi connectivity index (χ1) is 6.97. The summed E-state index contributed by atoms with van der Waals surface area (Å²) >= 11 is 0. The largest absolute Gasteiger partial charge is 0.0651 e. The van der Waals surface area contributed by atoms with Crippen LogP contribution in [-0.2, 0) is 0 Å². The van der Waals surface area contributed by atoms with Crippen LogP contribution in [0, 0.1) is 23.7 Å². The fraction of sp³-hybridized carbons (Fsp3) is 1.00. The van der Waals surface area contributed by atoms with E-state index in [1.807, 2.05) is 0 Å². The van der Waals surface area contributed by atoms with Crippen LogP contribution in [0.1, 0.15) is 73.6 Å². The molecule has 0 saturated carbocycles. The molecule has 0 nitrogen and oxygen atoms in total. The lowest BCUT2D eigenvalue weighted by atomic mass is 9.84. The van der Waals surface area contributed by atoms with Gasteiger partial charge in [-0.05, 0) is 23.7 Å². The van der Waals surface area contributed by atoms with Crippen molar-refractivity contribution in [1.82, 2.24) is 0 Å². The van der Waals surface area contributed by atoms with Gasteiger partial charge in [0.05, 0.1) is 0 Å². The second-order valence-corrected chi connectivity index (χ2v) is 6.02. The van der Waals surface area contributed by atoms with Crippen molar-refractivity contribution >= 4 is 0 Å². The van der Waals surface area contributed by atoms with E-state index in [-0.39, 0.29) is 0 Å². The van der Waals surface area contributed by atoms with E-state index in [2.05, 4.69) is 41.5 Å². The lowest BCUT2D eigenvalue weighted by Gasteiger charge is -2.22. The van der Waals surface area contributed by atoms with Crippen LogP contribution in [0.2, 0.25) is 0 Å². The fourth-order valence-electron chi connectivity index (χ4n) is 1.92. The summed E-state index contributed by atoms with van der Waals surface area (Å²) < 4.78 is 0. The molecule has 0 aromatic rings. The van der Waals surface area contributed by atoms with E-state index in [9.17, 15) is 0 Å². The average molecular weight is 212 g/mol. The summed E-state index contributed by atoms with van der Waals surface area (Å²) in [5, 5.41) is 0. The Hall–Kier alpha value is 0. The average Bonchev–Trinajstić information content (AvgIpc) is 2.21. The maximum Gasteiger partial charge on any atom is -0.0417 e. The van der Waals surface area contributed by atoms with E-state index in [0.29, 0.717) is 0 Å². The van der Waals surface area contributed by atoms with Crippen LogP contribution in [0.15, 0.2) is 0 Å². The van der Waals surface area contributed by atoms with E-state index in [0.717, 1.165) is 23.7 Å². The van der Waals surface area contributed by atoms with Gasteiger partial charge in [0.1, 0.15) is 0 Å². The third-order valence-electron chi connectivity index (χ3n) is 3.98. The second kappa shape index (κ2) is 8.19. The van der Waals surface area contributed by atoms with Gasteiger partial charge in [-0.1, -0.05) is 73.6 Å². The van der Waals surface area contributed by atoms with Crippen molar-refractivity contribution in [3.8, 4) is 0 Å². The molecule has 0 aliphatic carbocycles. The van der Waals surface area contributed by atoms with Crippen molar-refractivity contribution in [3.63, 3.8) is 0 Å². The molecular weight excluding hydrogens is 180 g/mol. The highest BCUT2D eigenvalue weighted by Gasteiger charge is 2.13. The van der Waals surface area contributed by atoms with Crippen LogP contribution in [0.5, 0.6) is 0 Å². The maximum absolute atomic E-state index is 2.44. The Morgan fingerprint density at radius 2 is 1.13 bits per heavy atom. The normalized spacial score (nSPS) is 17.8. The number of hydrogen-bond acceptors (Lipinski definition) is 0. The van der Waals surface area contributed by atoms with Crippen molar-refractivity contribution in [2.24, 2.45) is 23.7 Å². The predicted octanol–water partition coefficient (Wildman–Crippen LogP) is 5.52. The lowest BCUT2D eigenvalue weighted by Crippen LogP contribution is -2.10. The van der Waals surface area contributed by atoms with Gasteiger partial charge in [-0.2, -0.15) is 0 Å². The predicted molar refractivity (Wildman–Crippen MR) is 71.1 cm³/mol. The highest BCUT2D eigenvalue weighted by Crippen LogP contribution is 2.25. The number of hydrogen-bond donors (Lipinski definition) is 0. The third kappa shape index (κ3) is 7.88. The molecule has 0 aliphatic heterocycles. The van der Waals surface area contributed by atoms with Crippen molar-refractivity contribution < 1.29 is 0 Å². The van der Waals surface area contributed by atoms with Gasteiger partial charge in [0.2, 0.25) is 0 Å². The summed E-state index contributed by atoms with van der Waals surface area (Å²) in [4.78, 5) is 0. The van der Waals surface area contributed by atoms with E-state index in [4.69, 9.17) is 0 Å². The van der Waals surface area contributed by atoms with Gasteiger partial charge in [0.25, 0.3) is 0 Å². The van der Waals surface area contributed by atoms with Crippen molar-refractivity contribution in [2.45, 2.75) is 73.6 Å². The summed E-state index contributed by atoms with van der Waals surface area (Å²) in [7, 11) is 0. The fourth-order valence-corrected chi connectivity index (χ4v) is 1.92. The highest BCUT2D eigenvalue weighted by atomic mass is 14.2. The van der Waals surface area contributed by atoms with Gasteiger partial charge in [0, 0.05) is 0 Å². The molecule has 0 rings (SSSR count). The topological polar surface area (TPSA) is 0 Å². The minimum absolute atomic E-state index is 0.870. The van der Waals surface area contributed by atoms with Gasteiger partial charge in [0.15, 0.2) is 0 Å². The Bertz CT molecular complexity index is 137. The molecule has 92 valence electrons. The summed E-state index contributed by atoms with van der Waals surface area (Å²) in [6, 6.07) is 0. The molecule has 0 heterocycles. The first kappa shape index (κ1) is 15.0. The van der Waals surface area contributed by atoms with Crippen LogP contribution in [-0.4, -0.2) is 0 Å². The summed E-state index contributed by atoms with van der Waals surface area (Å²) in [6.45, 7) is 14.2. The Labute approximate surface area is 97.8 Å². The summed E-state index contributed by atoms with van der Waals surface area (Å²) in [5.74, 6) is 3.62. The van der Waals surface area contributed by atoms with Gasteiger partial charge in [-0.3, -0.25) is 0 Å². The highest BCUT2D eigenvalue weighted by molar-refractivity contribution is 4.65. The molecule has 3 atom stereocenters. The standard InChI is InChI=1S/C15H32/c1-7-13(4)9-11-15(6)14(5)10-8-12(2)3/h12-15H,7-11H2,1-6H3/t13?,14?,15-/m0/s1. The van der Waals surface area contributed by atoms with Gasteiger partial charge >= 0.3 is 0 Å². The minimum atomic E-state index is 0.870. The van der Waals surface area contributed by atoms with E-state index < -0.39 is 0 Å². The second-order valence-electron chi connectivity index (χ2n) is 6.02. The van der Waals surface area contributed by atoms with Crippen LogP contribution in [0.3, 0.4) is 0 Å². The van der Waals surface area contributed by atoms with Crippen LogP contribution in [0.25, 0.3) is 0 Å². The van der Waals surface area contributed by atoms with Crippen molar-refractivity contribution in [1.29, 1.82) is 0 Å². The van der Waals surface area contributed by atoms with Gasteiger partial charge in [-0.15, -0.1) is 0 Å². The SMILES string of the molecule is CCC(C)CC[C@H](C)C(C)CCC(C)C. The van der Waals surface area contributed by atoms with E-state index in [1.165, 1.54) is 32.1 Å². The zero-order chi connectivity index (χ0) is 11.8. The monoisotopic (exact) mass is 212 g/mol. The zero-order valence-corrected chi connectivity index (χ0v) is 11.8. The zero-order valence-electron chi connectivity index (χ0n) is 11.8. The van der Waals surface area contributed by atoms with Crippen molar-refractivity contribution in [3.05, 3.63) is 0 Å². The first-order valence-electron chi connectivity index (χ1n) is 6.97. The Morgan fingerprint density at radius 1 is 0.667 bits per heavy atom. The molecule has 0 aromatic heterocycles. The maximum atomic E-state index is 2.44. The Balaban J connectivity index is 3.64. The third-order valence-corrected chi connectivity index (χ3v) is 3.98. The Kier molecular flexibility index (Phi) is 8.19.